The average molecular weight is 250 g/mol. The summed E-state index contributed by atoms with van der Waals surface area (Å²) in [6.45, 7) is 3.48. The number of benzene rings is 1. The fourth-order valence-electron chi connectivity index (χ4n) is 1.88. The molecule has 1 fully saturated rings. The Bertz CT molecular complexity index is 500. The Morgan fingerprint density at radius 1 is 1.33 bits per heavy atom. The van der Waals surface area contributed by atoms with Crippen LogP contribution in [0.1, 0.15) is 19.4 Å². The Morgan fingerprint density at radius 3 is 2.67 bits per heavy atom. The topological polar surface area (TPSA) is 49.4 Å². The Kier molecular flexibility index (Phi) is 3.17. The lowest BCUT2D eigenvalue weighted by atomic mass is 10.00. The molecule has 1 N–H and O–H groups in total. The predicted molar refractivity (Wildman–Crippen MR) is 64.0 cm³/mol. The maximum Gasteiger partial charge on any atom is 0.249 e. The number of imide groups is 1. The zero-order valence-electron chi connectivity index (χ0n) is 10.4. The van der Waals surface area contributed by atoms with E-state index in [4.69, 9.17) is 0 Å². The number of piperazine rings is 1. The second-order valence-electron chi connectivity index (χ2n) is 4.85. The Morgan fingerprint density at radius 2 is 2.00 bits per heavy atom. The van der Waals surface area contributed by atoms with Crippen LogP contribution in [0, 0.1) is 5.82 Å². The van der Waals surface area contributed by atoms with Crippen molar-refractivity contribution in [1.82, 2.24) is 10.2 Å². The average Bonchev–Trinajstić information content (AvgIpc) is 2.33. The van der Waals surface area contributed by atoms with E-state index in [1.54, 1.807) is 32.0 Å². The molecule has 0 unspecified atom stereocenters. The van der Waals surface area contributed by atoms with E-state index in [1.807, 2.05) is 0 Å². The summed E-state index contributed by atoms with van der Waals surface area (Å²) >= 11 is 0. The summed E-state index contributed by atoms with van der Waals surface area (Å²) < 4.78 is 13.5. The van der Waals surface area contributed by atoms with Crippen molar-refractivity contribution in [2.75, 3.05) is 6.54 Å². The number of nitrogens with zero attached hydrogens (tertiary/aromatic N) is 1. The van der Waals surface area contributed by atoms with Gasteiger partial charge in [-0.1, -0.05) is 18.2 Å². The minimum atomic E-state index is -0.792. The zero-order valence-corrected chi connectivity index (χ0v) is 10.4. The van der Waals surface area contributed by atoms with E-state index in [2.05, 4.69) is 5.32 Å². The number of halogens is 1. The first-order valence-corrected chi connectivity index (χ1v) is 5.75. The van der Waals surface area contributed by atoms with Gasteiger partial charge < -0.3 is 0 Å². The van der Waals surface area contributed by atoms with Crippen LogP contribution >= 0.6 is 0 Å². The van der Waals surface area contributed by atoms with Gasteiger partial charge in [0, 0.05) is 5.56 Å². The molecule has 2 amide bonds. The largest absolute Gasteiger partial charge is 0.295 e. The molecule has 0 bridgehead atoms. The van der Waals surface area contributed by atoms with Crippen LogP contribution < -0.4 is 5.32 Å². The molecule has 0 aromatic heterocycles. The molecule has 5 heteroatoms. The summed E-state index contributed by atoms with van der Waals surface area (Å²) in [4.78, 5) is 24.9. The van der Waals surface area contributed by atoms with Gasteiger partial charge in [-0.15, -0.1) is 0 Å². The van der Waals surface area contributed by atoms with Crippen molar-refractivity contribution in [3.63, 3.8) is 0 Å². The molecule has 0 saturated carbocycles. The highest BCUT2D eigenvalue weighted by Crippen LogP contribution is 2.17. The molecule has 0 spiro atoms. The van der Waals surface area contributed by atoms with Crippen LogP contribution in [0.25, 0.3) is 0 Å². The highest BCUT2D eigenvalue weighted by molar-refractivity contribution is 6.02. The Labute approximate surface area is 105 Å². The number of carbonyl (C=O) groups is 2. The monoisotopic (exact) mass is 250 g/mol. The van der Waals surface area contributed by atoms with Crippen LogP contribution in [0.15, 0.2) is 24.3 Å². The fourth-order valence-corrected chi connectivity index (χ4v) is 1.88. The van der Waals surface area contributed by atoms with Crippen LogP contribution in [-0.4, -0.2) is 28.8 Å². The van der Waals surface area contributed by atoms with E-state index in [9.17, 15) is 14.0 Å². The predicted octanol–water partition coefficient (Wildman–Crippen LogP) is 1.06. The number of hydrogen-bond donors (Lipinski definition) is 1. The molecule has 0 aliphatic carbocycles. The first-order valence-electron chi connectivity index (χ1n) is 5.75. The highest BCUT2D eigenvalue weighted by Gasteiger charge is 2.39. The van der Waals surface area contributed by atoms with Crippen LogP contribution in [0.3, 0.4) is 0 Å². The summed E-state index contributed by atoms with van der Waals surface area (Å²) in [5, 5.41) is 2.85. The smallest absolute Gasteiger partial charge is 0.249 e. The quantitative estimate of drug-likeness (QED) is 0.799. The van der Waals surface area contributed by atoms with Gasteiger partial charge in [-0.25, -0.2) is 4.39 Å². The maximum absolute atomic E-state index is 13.5. The van der Waals surface area contributed by atoms with Crippen LogP contribution in [0.2, 0.25) is 0 Å². The molecule has 96 valence electrons. The molecule has 0 radical (unpaired) electrons. The number of nitrogens with one attached hydrogen (secondary N) is 1. The summed E-state index contributed by atoms with van der Waals surface area (Å²) in [7, 11) is 0. The SMILES string of the molecule is CC1(C)NCC(=O)N(Cc2ccccc2F)C1=O. The van der Waals surface area contributed by atoms with Crippen LogP contribution in [0.5, 0.6) is 0 Å². The normalized spacial score (nSPS) is 19.2. The van der Waals surface area contributed by atoms with E-state index >= 15 is 0 Å². The van der Waals surface area contributed by atoms with Gasteiger partial charge in [0.05, 0.1) is 18.6 Å². The lowest BCUT2D eigenvalue weighted by Gasteiger charge is -2.36. The number of carbonyl (C=O) groups excluding carboxylic acids is 2. The summed E-state index contributed by atoms with van der Waals surface area (Å²) in [5.41, 5.74) is -0.448. The number of amides is 2. The van der Waals surface area contributed by atoms with E-state index in [0.717, 1.165) is 4.90 Å². The van der Waals surface area contributed by atoms with Gasteiger partial charge in [0.15, 0.2) is 0 Å². The Balaban J connectivity index is 2.24. The molecule has 1 heterocycles. The van der Waals surface area contributed by atoms with Gasteiger partial charge in [-0.05, 0) is 19.9 Å². The lowest BCUT2D eigenvalue weighted by molar-refractivity contribution is -0.153. The second-order valence-corrected chi connectivity index (χ2v) is 4.85. The van der Waals surface area contributed by atoms with Crippen LogP contribution in [-0.2, 0) is 16.1 Å². The van der Waals surface area contributed by atoms with Crippen LogP contribution in [0.4, 0.5) is 4.39 Å². The lowest BCUT2D eigenvalue weighted by Crippen LogP contribution is -2.63. The first-order chi connectivity index (χ1) is 8.42. The summed E-state index contributed by atoms with van der Waals surface area (Å²) in [5.74, 6) is -1.07. The fraction of sp³-hybridized carbons (Fsp3) is 0.385. The highest BCUT2D eigenvalue weighted by atomic mass is 19.1. The molecular weight excluding hydrogens is 235 g/mol. The molecular formula is C13H15FN2O2. The van der Waals surface area contributed by atoms with Crippen molar-refractivity contribution in [3.8, 4) is 0 Å². The van der Waals surface area contributed by atoms with Gasteiger partial charge in [0.25, 0.3) is 0 Å². The van der Waals surface area contributed by atoms with Crippen molar-refractivity contribution in [3.05, 3.63) is 35.6 Å². The maximum atomic E-state index is 13.5. The minimum Gasteiger partial charge on any atom is -0.295 e. The number of rotatable bonds is 2. The van der Waals surface area contributed by atoms with Gasteiger partial charge in [-0.3, -0.25) is 19.8 Å². The van der Waals surface area contributed by atoms with Crippen molar-refractivity contribution >= 4 is 11.8 Å². The second kappa shape index (κ2) is 4.49. The third-order valence-electron chi connectivity index (χ3n) is 3.05. The van der Waals surface area contributed by atoms with E-state index in [0.29, 0.717) is 5.56 Å². The number of hydrogen-bond acceptors (Lipinski definition) is 3. The standard InChI is InChI=1S/C13H15FN2O2/c1-13(2)12(18)16(11(17)7-15-13)8-9-5-3-4-6-10(9)14/h3-6,15H,7-8H2,1-2H3. The summed E-state index contributed by atoms with van der Waals surface area (Å²) in [6.07, 6.45) is 0. The molecule has 1 saturated heterocycles. The Hall–Kier alpha value is -1.75. The molecule has 1 aliphatic rings. The van der Waals surface area contributed by atoms with Gasteiger partial charge >= 0.3 is 0 Å². The third kappa shape index (κ3) is 2.26. The first kappa shape index (κ1) is 12.7. The van der Waals surface area contributed by atoms with Crippen molar-refractivity contribution in [1.29, 1.82) is 0 Å². The van der Waals surface area contributed by atoms with E-state index < -0.39 is 11.4 Å². The zero-order chi connectivity index (χ0) is 13.3. The van der Waals surface area contributed by atoms with E-state index in [1.165, 1.54) is 6.07 Å². The van der Waals surface area contributed by atoms with Gasteiger partial charge in [0.1, 0.15) is 5.82 Å². The van der Waals surface area contributed by atoms with E-state index in [-0.39, 0.29) is 24.9 Å². The third-order valence-corrected chi connectivity index (χ3v) is 3.05. The van der Waals surface area contributed by atoms with Crippen molar-refractivity contribution in [2.45, 2.75) is 25.9 Å². The molecule has 4 nitrogen and oxygen atoms in total. The van der Waals surface area contributed by atoms with Crippen molar-refractivity contribution in [2.24, 2.45) is 0 Å². The van der Waals surface area contributed by atoms with Gasteiger partial charge in [0.2, 0.25) is 11.8 Å². The molecule has 1 aromatic carbocycles. The molecule has 18 heavy (non-hydrogen) atoms. The molecule has 2 rings (SSSR count). The van der Waals surface area contributed by atoms with Crippen molar-refractivity contribution < 1.29 is 14.0 Å². The van der Waals surface area contributed by atoms with Gasteiger partial charge in [-0.2, -0.15) is 0 Å². The summed E-state index contributed by atoms with van der Waals surface area (Å²) in [6, 6.07) is 6.15. The molecule has 1 aromatic rings. The molecule has 0 atom stereocenters. The minimum absolute atomic E-state index is 0.0184. The molecule has 1 aliphatic heterocycles.